The maximum Gasteiger partial charge on any atom is 0.469 e. The number of nitrogens with zero attached hydrogens (tertiary/aromatic N) is 1. The third kappa shape index (κ3) is 10.4. The largest absolute Gasteiger partial charge is 0.469 e. The van der Waals surface area contributed by atoms with Crippen molar-refractivity contribution in [2.45, 2.75) is 77.2 Å². The highest BCUT2D eigenvalue weighted by Crippen LogP contribution is 2.39. The van der Waals surface area contributed by atoms with Crippen LogP contribution in [0.15, 0.2) is 24.3 Å². The number of amides is 1. The topological polar surface area (TPSA) is 122 Å². The van der Waals surface area contributed by atoms with Gasteiger partial charge in [0.2, 0.25) is 5.91 Å². The maximum absolute atomic E-state index is 12.1. The Hall–Kier alpha value is -1.24. The highest BCUT2D eigenvalue weighted by Gasteiger charge is 2.35. The highest BCUT2D eigenvalue weighted by molar-refractivity contribution is 7.46. The van der Waals surface area contributed by atoms with Crippen LogP contribution in [0.1, 0.15) is 69.4 Å². The molecule has 1 aromatic carbocycles. The van der Waals surface area contributed by atoms with E-state index in [0.29, 0.717) is 6.42 Å². The van der Waals surface area contributed by atoms with E-state index in [1.54, 1.807) is 4.90 Å². The Morgan fingerprint density at radius 2 is 1.66 bits per heavy atom. The molecule has 0 unspecified atom stereocenters. The molecule has 0 saturated carbocycles. The molecule has 166 valence electrons. The van der Waals surface area contributed by atoms with Gasteiger partial charge in [-0.2, -0.15) is 0 Å². The predicted molar refractivity (Wildman–Crippen MR) is 115 cm³/mol. The van der Waals surface area contributed by atoms with Crippen LogP contribution in [0.2, 0.25) is 0 Å². The fraction of sp³-hybridized carbons (Fsp3) is 0.667. The summed E-state index contributed by atoms with van der Waals surface area (Å²) >= 11 is 0. The van der Waals surface area contributed by atoms with Gasteiger partial charge in [0, 0.05) is 19.5 Å². The number of rotatable bonds is 13. The zero-order valence-corrected chi connectivity index (χ0v) is 18.5. The molecule has 0 radical (unpaired) electrons. The van der Waals surface area contributed by atoms with Gasteiger partial charge in [-0.1, -0.05) is 56.9 Å². The van der Waals surface area contributed by atoms with Crippen LogP contribution in [-0.2, 0) is 26.7 Å². The molecule has 7 nitrogen and oxygen atoms in total. The van der Waals surface area contributed by atoms with E-state index in [4.69, 9.17) is 9.79 Å². The molecule has 1 amide bonds. The van der Waals surface area contributed by atoms with E-state index in [1.807, 2.05) is 0 Å². The average molecular weight is 429 g/mol. The number of carbonyl (C=O) groups excluding carboxylic acids is 1. The number of hydrogen-bond acceptors (Lipinski definition) is 4. The monoisotopic (exact) mass is 428 g/mol. The number of phosphoric acid groups is 1. The fourth-order valence-electron chi connectivity index (χ4n) is 3.54. The van der Waals surface area contributed by atoms with Gasteiger partial charge in [0.05, 0.1) is 0 Å². The van der Waals surface area contributed by atoms with Gasteiger partial charge in [-0.15, -0.1) is 0 Å². The Morgan fingerprint density at radius 3 is 2.24 bits per heavy atom. The van der Waals surface area contributed by atoms with Crippen molar-refractivity contribution in [1.82, 2.24) is 11.1 Å². The smallest absolute Gasteiger partial charge is 0.344 e. The minimum Gasteiger partial charge on any atom is -0.344 e. The van der Waals surface area contributed by atoms with Crippen LogP contribution in [0.25, 0.3) is 0 Å². The molecule has 1 aliphatic rings. The summed E-state index contributed by atoms with van der Waals surface area (Å²) < 4.78 is 15.3. The molecule has 0 bridgehead atoms. The van der Waals surface area contributed by atoms with Gasteiger partial charge in [-0.05, 0) is 43.2 Å². The van der Waals surface area contributed by atoms with E-state index in [9.17, 15) is 9.36 Å². The predicted octanol–water partition coefficient (Wildman–Crippen LogP) is 4.39. The van der Waals surface area contributed by atoms with E-state index in [1.165, 1.54) is 43.2 Å². The van der Waals surface area contributed by atoms with Crippen molar-refractivity contribution in [3.05, 3.63) is 35.4 Å². The van der Waals surface area contributed by atoms with E-state index in [2.05, 4.69) is 35.7 Å². The molecule has 0 aromatic heterocycles. The standard InChI is InChI=1S/C21H34NO5P.H3N/c1-2-3-4-5-6-10-18-12-9-13-19(15-18)11-7-8-14-21(23)22-16-20(17-22)27-28(24,25)26;/h9,12-13,15,20H,2-8,10-11,14,16-17H2,1H3,(H2,24,25,26);1H3. The van der Waals surface area contributed by atoms with Gasteiger partial charge in [0.25, 0.3) is 0 Å². The molecule has 1 saturated heterocycles. The quantitative estimate of drug-likeness (QED) is 0.316. The number of benzene rings is 1. The van der Waals surface area contributed by atoms with E-state index >= 15 is 0 Å². The van der Waals surface area contributed by atoms with Gasteiger partial charge >= 0.3 is 7.82 Å². The first-order valence-electron chi connectivity index (χ1n) is 10.5. The lowest BCUT2D eigenvalue weighted by Gasteiger charge is -2.38. The SMILES string of the molecule is CCCCCCCc1cccc(CCCCC(=O)N2CC(OP(=O)(O)O)C2)c1.N. The third-order valence-corrected chi connectivity index (χ3v) is 5.73. The van der Waals surface area contributed by atoms with Gasteiger partial charge in [0.1, 0.15) is 6.10 Å². The summed E-state index contributed by atoms with van der Waals surface area (Å²) in [6.07, 6.45) is 10.3. The Balaban J connectivity index is 0.00000420. The lowest BCUT2D eigenvalue weighted by molar-refractivity contribution is -0.140. The zero-order chi connectivity index (χ0) is 20.4. The first-order chi connectivity index (χ1) is 13.4. The molecule has 0 atom stereocenters. The molecule has 29 heavy (non-hydrogen) atoms. The Labute approximate surface area is 174 Å². The summed E-state index contributed by atoms with van der Waals surface area (Å²) in [5.74, 6) is 0.0337. The number of unbranched alkanes of at least 4 members (excludes halogenated alkanes) is 5. The summed E-state index contributed by atoms with van der Waals surface area (Å²) in [5, 5.41) is 0. The van der Waals surface area contributed by atoms with Crippen molar-refractivity contribution < 1.29 is 23.7 Å². The summed E-state index contributed by atoms with van der Waals surface area (Å²) in [6, 6.07) is 8.78. The molecule has 0 spiro atoms. The second kappa shape index (κ2) is 13.1. The number of aryl methyl sites for hydroxylation is 2. The summed E-state index contributed by atoms with van der Waals surface area (Å²) in [6.45, 7) is 2.77. The molecule has 1 heterocycles. The van der Waals surface area contributed by atoms with Gasteiger partial charge in [-0.3, -0.25) is 9.32 Å². The van der Waals surface area contributed by atoms with Gasteiger partial charge in [-0.25, -0.2) is 4.57 Å². The van der Waals surface area contributed by atoms with Crippen LogP contribution in [-0.4, -0.2) is 39.8 Å². The third-order valence-electron chi connectivity index (χ3n) is 5.15. The van der Waals surface area contributed by atoms with Crippen LogP contribution in [0.3, 0.4) is 0 Å². The lowest BCUT2D eigenvalue weighted by Crippen LogP contribution is -2.54. The molecule has 2 rings (SSSR count). The molecule has 0 aliphatic carbocycles. The molecule has 1 fully saturated rings. The molecular formula is C21H37N2O5P. The van der Waals surface area contributed by atoms with Gasteiger partial charge < -0.3 is 20.8 Å². The van der Waals surface area contributed by atoms with Crippen LogP contribution < -0.4 is 6.15 Å². The van der Waals surface area contributed by atoms with Crippen molar-refractivity contribution in [2.75, 3.05) is 13.1 Å². The lowest BCUT2D eigenvalue weighted by atomic mass is 10.0. The van der Waals surface area contributed by atoms with E-state index < -0.39 is 13.9 Å². The molecular weight excluding hydrogens is 391 g/mol. The highest BCUT2D eigenvalue weighted by atomic mass is 31.2. The first kappa shape index (κ1) is 25.8. The van der Waals surface area contributed by atoms with E-state index in [-0.39, 0.29) is 25.1 Å². The van der Waals surface area contributed by atoms with Gasteiger partial charge in [0.15, 0.2) is 0 Å². The number of carbonyl (C=O) groups is 1. The van der Waals surface area contributed by atoms with Crippen LogP contribution in [0.5, 0.6) is 0 Å². The Bertz CT molecular complexity index is 658. The number of phosphoric ester groups is 1. The number of hydrogen-bond donors (Lipinski definition) is 3. The summed E-state index contributed by atoms with van der Waals surface area (Å²) in [7, 11) is -4.46. The van der Waals surface area contributed by atoms with Crippen molar-refractivity contribution in [2.24, 2.45) is 0 Å². The minimum atomic E-state index is -4.46. The second-order valence-electron chi connectivity index (χ2n) is 7.71. The fourth-order valence-corrected chi connectivity index (χ4v) is 4.06. The summed E-state index contributed by atoms with van der Waals surface area (Å²) in [5.41, 5.74) is 2.74. The summed E-state index contributed by atoms with van der Waals surface area (Å²) in [4.78, 5) is 31.2. The normalized spacial score (nSPS) is 14.4. The molecule has 1 aromatic rings. The van der Waals surface area contributed by atoms with Crippen molar-refractivity contribution in [3.8, 4) is 0 Å². The van der Waals surface area contributed by atoms with Crippen molar-refractivity contribution in [3.63, 3.8) is 0 Å². The van der Waals surface area contributed by atoms with Crippen LogP contribution in [0.4, 0.5) is 0 Å². The number of likely N-dealkylation sites (tertiary alicyclic amines) is 1. The molecule has 1 aliphatic heterocycles. The average Bonchev–Trinajstić information content (AvgIpc) is 2.61. The molecule has 5 N–H and O–H groups in total. The van der Waals surface area contributed by atoms with Crippen LogP contribution in [0, 0.1) is 0 Å². The Morgan fingerprint density at radius 1 is 1.07 bits per heavy atom. The maximum atomic E-state index is 12.1. The van der Waals surface area contributed by atoms with Crippen LogP contribution >= 0.6 is 7.82 Å². The van der Waals surface area contributed by atoms with Crippen molar-refractivity contribution >= 4 is 13.7 Å². The second-order valence-corrected chi connectivity index (χ2v) is 8.90. The zero-order valence-electron chi connectivity index (χ0n) is 17.6. The Kier molecular flexibility index (Phi) is 11.7. The molecule has 8 heteroatoms. The van der Waals surface area contributed by atoms with Crippen molar-refractivity contribution in [1.29, 1.82) is 0 Å². The van der Waals surface area contributed by atoms with E-state index in [0.717, 1.165) is 25.7 Å². The first-order valence-corrected chi connectivity index (χ1v) is 12.0. The minimum absolute atomic E-state index is 0.